The van der Waals surface area contributed by atoms with E-state index in [4.69, 9.17) is 0 Å². The fraction of sp³-hybridized carbons (Fsp3) is 0.929. The molecule has 3 rings (SSSR count). The fourth-order valence-corrected chi connectivity index (χ4v) is 3.14. The minimum atomic E-state index is 0.308. The third-order valence-electron chi connectivity index (χ3n) is 4.46. The molecule has 0 aromatic heterocycles. The summed E-state index contributed by atoms with van der Waals surface area (Å²) >= 11 is 0. The third kappa shape index (κ3) is 3.21. The molecule has 2 saturated carbocycles. The number of hydrogen-bond donors (Lipinski definition) is 2. The van der Waals surface area contributed by atoms with Crippen LogP contribution in [0.1, 0.15) is 44.9 Å². The first-order valence-corrected chi connectivity index (χ1v) is 7.33. The monoisotopic (exact) mass is 236 g/mol. The summed E-state index contributed by atoms with van der Waals surface area (Å²) < 4.78 is 0. The maximum Gasteiger partial charge on any atom is 0.220 e. The topological polar surface area (TPSA) is 41.1 Å². The Kier molecular flexibility index (Phi) is 3.37. The molecule has 1 saturated heterocycles. The zero-order chi connectivity index (χ0) is 11.7. The molecule has 3 aliphatic rings. The molecule has 3 fully saturated rings. The van der Waals surface area contributed by atoms with Crippen LogP contribution in [0.5, 0.6) is 0 Å². The Morgan fingerprint density at radius 3 is 2.41 bits per heavy atom. The molecule has 1 aliphatic heterocycles. The molecule has 3 heteroatoms. The Balaban J connectivity index is 1.44. The van der Waals surface area contributed by atoms with E-state index >= 15 is 0 Å². The van der Waals surface area contributed by atoms with E-state index < -0.39 is 0 Å². The lowest BCUT2D eigenvalue weighted by Gasteiger charge is -2.24. The van der Waals surface area contributed by atoms with Crippen molar-refractivity contribution in [3.8, 4) is 0 Å². The molecule has 0 radical (unpaired) electrons. The predicted octanol–water partition coefficient (Wildman–Crippen LogP) is 1.68. The van der Waals surface area contributed by atoms with Crippen LogP contribution >= 0.6 is 0 Å². The van der Waals surface area contributed by atoms with E-state index in [1.165, 1.54) is 38.5 Å². The smallest absolute Gasteiger partial charge is 0.220 e. The van der Waals surface area contributed by atoms with Crippen LogP contribution in [0.2, 0.25) is 0 Å². The molecular weight excluding hydrogens is 212 g/mol. The Morgan fingerprint density at radius 1 is 1.18 bits per heavy atom. The average molecular weight is 236 g/mol. The second kappa shape index (κ2) is 4.97. The highest BCUT2D eigenvalue weighted by Crippen LogP contribution is 2.44. The van der Waals surface area contributed by atoms with E-state index in [-0.39, 0.29) is 0 Å². The van der Waals surface area contributed by atoms with Gasteiger partial charge in [-0.05, 0) is 69.4 Å². The number of amides is 1. The molecule has 96 valence electrons. The summed E-state index contributed by atoms with van der Waals surface area (Å²) in [5.41, 5.74) is 0. The summed E-state index contributed by atoms with van der Waals surface area (Å²) in [5.74, 6) is 2.51. The largest absolute Gasteiger partial charge is 0.353 e. The molecule has 0 spiro atoms. The number of carbonyl (C=O) groups excluding carboxylic acids is 1. The van der Waals surface area contributed by atoms with Crippen LogP contribution in [0.15, 0.2) is 0 Å². The van der Waals surface area contributed by atoms with Crippen LogP contribution in [0.25, 0.3) is 0 Å². The van der Waals surface area contributed by atoms with Crippen molar-refractivity contribution in [1.29, 1.82) is 0 Å². The molecule has 3 nitrogen and oxygen atoms in total. The highest BCUT2D eigenvalue weighted by molar-refractivity contribution is 5.76. The van der Waals surface area contributed by atoms with Gasteiger partial charge in [0.05, 0.1) is 0 Å². The van der Waals surface area contributed by atoms with Crippen molar-refractivity contribution in [1.82, 2.24) is 10.6 Å². The molecule has 1 unspecified atom stereocenters. The maximum absolute atomic E-state index is 12.0. The summed E-state index contributed by atoms with van der Waals surface area (Å²) in [5, 5.41) is 6.71. The first-order chi connectivity index (χ1) is 8.33. The van der Waals surface area contributed by atoms with Crippen LogP contribution in [0.4, 0.5) is 0 Å². The van der Waals surface area contributed by atoms with Gasteiger partial charge >= 0.3 is 0 Å². The number of nitrogens with one attached hydrogen (secondary N) is 2. The van der Waals surface area contributed by atoms with Gasteiger partial charge in [-0.2, -0.15) is 0 Å². The van der Waals surface area contributed by atoms with Crippen LogP contribution in [0, 0.1) is 17.8 Å². The van der Waals surface area contributed by atoms with E-state index in [2.05, 4.69) is 10.6 Å². The van der Waals surface area contributed by atoms with Gasteiger partial charge in [-0.3, -0.25) is 4.79 Å². The molecule has 1 atom stereocenters. The molecular formula is C14H24N2O. The average Bonchev–Trinajstić information content (AvgIpc) is 3.19. The van der Waals surface area contributed by atoms with Gasteiger partial charge in [-0.25, -0.2) is 0 Å². The molecule has 0 aromatic rings. The zero-order valence-electron chi connectivity index (χ0n) is 10.6. The Bertz CT molecular complexity index is 266. The van der Waals surface area contributed by atoms with Crippen LogP contribution in [0.3, 0.4) is 0 Å². The minimum Gasteiger partial charge on any atom is -0.353 e. The van der Waals surface area contributed by atoms with Gasteiger partial charge in [0.2, 0.25) is 5.91 Å². The number of rotatable bonds is 5. The second-order valence-electron chi connectivity index (χ2n) is 6.18. The molecule has 0 aromatic carbocycles. The first kappa shape index (κ1) is 11.5. The lowest BCUT2D eigenvalue weighted by Crippen LogP contribution is -2.40. The lowest BCUT2D eigenvalue weighted by atomic mass is 9.95. The van der Waals surface area contributed by atoms with Crippen molar-refractivity contribution in [2.24, 2.45) is 17.8 Å². The van der Waals surface area contributed by atoms with Gasteiger partial charge in [0, 0.05) is 12.5 Å². The zero-order valence-corrected chi connectivity index (χ0v) is 10.6. The van der Waals surface area contributed by atoms with E-state index in [0.29, 0.717) is 17.9 Å². The van der Waals surface area contributed by atoms with Crippen LogP contribution in [-0.4, -0.2) is 25.0 Å². The van der Waals surface area contributed by atoms with Gasteiger partial charge in [0.25, 0.3) is 0 Å². The molecule has 2 aliphatic carbocycles. The molecule has 2 N–H and O–H groups in total. The van der Waals surface area contributed by atoms with Gasteiger partial charge in [0.15, 0.2) is 0 Å². The summed E-state index contributed by atoms with van der Waals surface area (Å²) in [6, 6.07) is 0.527. The Morgan fingerprint density at radius 2 is 1.88 bits per heavy atom. The predicted molar refractivity (Wildman–Crippen MR) is 67.6 cm³/mol. The van der Waals surface area contributed by atoms with Gasteiger partial charge in [-0.1, -0.05) is 0 Å². The van der Waals surface area contributed by atoms with E-state index in [1.54, 1.807) is 0 Å². The van der Waals surface area contributed by atoms with Gasteiger partial charge in [-0.15, -0.1) is 0 Å². The van der Waals surface area contributed by atoms with Crippen LogP contribution < -0.4 is 10.6 Å². The number of hydrogen-bond acceptors (Lipinski definition) is 2. The van der Waals surface area contributed by atoms with Crippen molar-refractivity contribution >= 4 is 5.91 Å². The number of piperidine rings is 1. The van der Waals surface area contributed by atoms with Crippen molar-refractivity contribution in [3.05, 3.63) is 0 Å². The normalized spacial score (nSPS) is 29.4. The van der Waals surface area contributed by atoms with E-state index in [0.717, 1.165) is 31.3 Å². The molecule has 0 bridgehead atoms. The van der Waals surface area contributed by atoms with Crippen molar-refractivity contribution < 1.29 is 4.79 Å². The van der Waals surface area contributed by atoms with Crippen molar-refractivity contribution in [2.45, 2.75) is 51.0 Å². The SMILES string of the molecule is O=C(CC1CCCNC1)NC(C1CC1)C1CC1. The molecule has 17 heavy (non-hydrogen) atoms. The molecule has 1 heterocycles. The van der Waals surface area contributed by atoms with Gasteiger partial charge in [0.1, 0.15) is 0 Å². The maximum atomic E-state index is 12.0. The summed E-state index contributed by atoms with van der Waals surface area (Å²) in [6.07, 6.45) is 8.55. The Labute approximate surface area is 104 Å². The standard InChI is InChI=1S/C14H24N2O/c17-13(8-10-2-1-7-15-9-10)16-14(11-3-4-11)12-5-6-12/h10-12,14-15H,1-9H2,(H,16,17). The highest BCUT2D eigenvalue weighted by atomic mass is 16.1. The fourth-order valence-electron chi connectivity index (χ4n) is 3.14. The third-order valence-corrected chi connectivity index (χ3v) is 4.46. The quantitative estimate of drug-likeness (QED) is 0.762. The van der Waals surface area contributed by atoms with Gasteiger partial charge < -0.3 is 10.6 Å². The minimum absolute atomic E-state index is 0.308. The molecule has 1 amide bonds. The number of carbonyl (C=O) groups is 1. The summed E-state index contributed by atoms with van der Waals surface area (Å²) in [7, 11) is 0. The Hall–Kier alpha value is -0.570. The van der Waals surface area contributed by atoms with E-state index in [1.807, 2.05) is 0 Å². The summed E-state index contributed by atoms with van der Waals surface area (Å²) in [6.45, 7) is 2.16. The first-order valence-electron chi connectivity index (χ1n) is 7.33. The van der Waals surface area contributed by atoms with E-state index in [9.17, 15) is 4.79 Å². The highest BCUT2D eigenvalue weighted by Gasteiger charge is 2.42. The van der Waals surface area contributed by atoms with Crippen molar-refractivity contribution in [3.63, 3.8) is 0 Å². The lowest BCUT2D eigenvalue weighted by molar-refractivity contribution is -0.123. The van der Waals surface area contributed by atoms with Crippen molar-refractivity contribution in [2.75, 3.05) is 13.1 Å². The van der Waals surface area contributed by atoms with Crippen LogP contribution in [-0.2, 0) is 4.79 Å². The summed E-state index contributed by atoms with van der Waals surface area (Å²) in [4.78, 5) is 12.0. The second-order valence-corrected chi connectivity index (χ2v) is 6.18.